The first-order valence-corrected chi connectivity index (χ1v) is 13.8. The van der Waals surface area contributed by atoms with Gasteiger partial charge in [0.15, 0.2) is 24.0 Å². The Morgan fingerprint density at radius 1 is 1.02 bits per heavy atom. The van der Waals surface area contributed by atoms with Crippen molar-refractivity contribution in [2.75, 3.05) is 6.07 Å². The van der Waals surface area contributed by atoms with Gasteiger partial charge in [-0.1, -0.05) is 30.7 Å². The van der Waals surface area contributed by atoms with Gasteiger partial charge in [0.2, 0.25) is 0 Å². The average Bonchev–Trinajstić information content (AvgIpc) is 3.58. The molecule has 0 unspecified atom stereocenters. The maximum Gasteiger partial charge on any atom is 0.416 e. The number of hydrogen-bond donors (Lipinski definition) is 0. The van der Waals surface area contributed by atoms with Gasteiger partial charge in [-0.2, -0.15) is 18.3 Å². The Kier molecular flexibility index (Phi) is 9.73. The van der Waals surface area contributed by atoms with Crippen molar-refractivity contribution >= 4 is 34.7 Å². The van der Waals surface area contributed by atoms with Crippen molar-refractivity contribution in [3.8, 4) is 11.4 Å². The van der Waals surface area contributed by atoms with Crippen molar-refractivity contribution in [2.24, 2.45) is 0 Å². The van der Waals surface area contributed by atoms with E-state index in [0.717, 1.165) is 16.7 Å². The number of esters is 2. The number of fused-ring (bicyclic) bond motifs is 1. The van der Waals surface area contributed by atoms with Crippen molar-refractivity contribution in [2.45, 2.75) is 65.7 Å². The fourth-order valence-electron chi connectivity index (χ4n) is 4.49. The predicted octanol–water partition coefficient (Wildman–Crippen LogP) is 3.74. The first-order valence-electron chi connectivity index (χ1n) is 13.3. The quantitative estimate of drug-likeness (QED) is 0.172. The van der Waals surface area contributed by atoms with E-state index >= 15 is 0 Å². The van der Waals surface area contributed by atoms with Crippen molar-refractivity contribution in [1.29, 1.82) is 0 Å². The van der Waals surface area contributed by atoms with Crippen LogP contribution in [0.15, 0.2) is 46.2 Å². The summed E-state index contributed by atoms with van der Waals surface area (Å²) in [6.45, 7) is 3.37. The van der Waals surface area contributed by atoms with Crippen LogP contribution in [0, 0.1) is 0 Å². The summed E-state index contributed by atoms with van der Waals surface area (Å²) < 4.78 is 54.6. The van der Waals surface area contributed by atoms with Gasteiger partial charge < -0.3 is 9.47 Å². The molecule has 0 atom stereocenters. The van der Waals surface area contributed by atoms with Crippen LogP contribution in [0.3, 0.4) is 0 Å². The van der Waals surface area contributed by atoms with Crippen LogP contribution in [-0.2, 0) is 51.6 Å². The summed E-state index contributed by atoms with van der Waals surface area (Å²) in [4.78, 5) is 55.2. The lowest BCUT2D eigenvalue weighted by Crippen LogP contribution is -2.40. The van der Waals surface area contributed by atoms with Crippen molar-refractivity contribution < 1.29 is 32.2 Å². The van der Waals surface area contributed by atoms with Crippen LogP contribution in [0.4, 0.5) is 13.2 Å². The van der Waals surface area contributed by atoms with Crippen LogP contribution in [0.25, 0.3) is 22.6 Å². The van der Waals surface area contributed by atoms with Gasteiger partial charge >= 0.3 is 23.8 Å². The zero-order valence-electron chi connectivity index (χ0n) is 23.3. The third-order valence-corrected chi connectivity index (χ3v) is 6.58. The lowest BCUT2D eigenvalue weighted by Gasteiger charge is -2.12. The number of hydrogen-bond acceptors (Lipinski definition) is 8. The van der Waals surface area contributed by atoms with E-state index in [1.54, 1.807) is 6.92 Å². The van der Waals surface area contributed by atoms with Crippen molar-refractivity contribution in [3.05, 3.63) is 68.6 Å². The molecule has 230 valence electrons. The lowest BCUT2D eigenvalue weighted by molar-refractivity contribution is -0.151. The van der Waals surface area contributed by atoms with Crippen LogP contribution >= 0.6 is 11.6 Å². The second kappa shape index (κ2) is 13.3. The number of halogens is 4. The van der Waals surface area contributed by atoms with E-state index in [1.165, 1.54) is 38.3 Å². The molecule has 3 aromatic heterocycles. The maximum atomic E-state index is 13.5. The molecule has 0 N–H and O–H groups in total. The van der Waals surface area contributed by atoms with E-state index < -0.39 is 41.7 Å². The van der Waals surface area contributed by atoms with Crippen molar-refractivity contribution in [1.82, 2.24) is 28.5 Å². The highest BCUT2D eigenvalue weighted by molar-refractivity contribution is 6.17. The first-order chi connectivity index (χ1) is 20.5. The molecule has 0 spiro atoms. The number of aromatic nitrogens is 6. The minimum absolute atomic E-state index is 0.000506. The molecular formula is C27H28ClF3N6O6. The molecular weight excluding hydrogens is 597 g/mol. The number of carbonyl (C=O) groups excluding carboxylic acids is 2. The number of rotatable bonds is 12. The summed E-state index contributed by atoms with van der Waals surface area (Å²) in [5, 5.41) is 4.24. The van der Waals surface area contributed by atoms with Crippen LogP contribution in [-0.4, -0.2) is 46.5 Å². The summed E-state index contributed by atoms with van der Waals surface area (Å²) in [5.41, 5.74) is -1.21. The summed E-state index contributed by atoms with van der Waals surface area (Å²) in [6.07, 6.45) is -1.68. The van der Waals surface area contributed by atoms with Gasteiger partial charge in [-0.05, 0) is 31.0 Å². The van der Waals surface area contributed by atoms with Gasteiger partial charge in [-0.25, -0.2) is 9.78 Å². The summed E-state index contributed by atoms with van der Waals surface area (Å²) >= 11 is 5.35. The number of aryl methyl sites for hydroxylation is 1. The Balaban J connectivity index is 1.75. The first kappa shape index (κ1) is 31.5. The van der Waals surface area contributed by atoms with Crippen LogP contribution in [0.5, 0.6) is 0 Å². The molecule has 0 bridgehead atoms. The van der Waals surface area contributed by atoms with Crippen LogP contribution in [0.1, 0.15) is 44.2 Å². The second-order valence-corrected chi connectivity index (χ2v) is 9.63. The molecule has 0 saturated heterocycles. The van der Waals surface area contributed by atoms with E-state index in [-0.39, 0.29) is 55.5 Å². The SMILES string of the molecule is CCCn1c(=O)c2c(nc(-c3cnn(Cc4cccc(C(F)(F)F)c4)c3)n2COC(=O)CCC(=O)OCCl)n(CC)c1=O. The maximum absolute atomic E-state index is 13.5. The van der Waals surface area contributed by atoms with E-state index in [9.17, 15) is 32.3 Å². The zero-order chi connectivity index (χ0) is 31.3. The third-order valence-electron chi connectivity index (χ3n) is 6.47. The van der Waals surface area contributed by atoms with Gasteiger partial charge in [0.05, 0.1) is 36.7 Å². The van der Waals surface area contributed by atoms with E-state index in [0.29, 0.717) is 17.5 Å². The van der Waals surface area contributed by atoms with Crippen molar-refractivity contribution in [3.63, 3.8) is 0 Å². The minimum atomic E-state index is -4.50. The molecule has 0 saturated carbocycles. The summed E-state index contributed by atoms with van der Waals surface area (Å²) in [7, 11) is 0. The summed E-state index contributed by atoms with van der Waals surface area (Å²) in [5.74, 6) is -1.33. The lowest BCUT2D eigenvalue weighted by atomic mass is 10.1. The fraction of sp³-hybridized carbons (Fsp3) is 0.407. The molecule has 0 fully saturated rings. The zero-order valence-corrected chi connectivity index (χ0v) is 24.0. The monoisotopic (exact) mass is 624 g/mol. The Labute approximate surface area is 247 Å². The van der Waals surface area contributed by atoms with Crippen LogP contribution in [0.2, 0.25) is 0 Å². The molecule has 4 aromatic rings. The molecule has 0 aliphatic rings. The molecule has 43 heavy (non-hydrogen) atoms. The molecule has 3 heterocycles. The Hall–Kier alpha value is -4.40. The number of ether oxygens (including phenoxy) is 2. The van der Waals surface area contributed by atoms with Gasteiger partial charge in [-0.15, -0.1) is 0 Å². The number of benzene rings is 1. The Bertz CT molecular complexity index is 1760. The molecule has 1 aromatic carbocycles. The fourth-order valence-corrected chi connectivity index (χ4v) is 4.61. The number of carbonyl (C=O) groups is 2. The van der Waals surface area contributed by atoms with Crippen LogP contribution < -0.4 is 11.2 Å². The number of nitrogens with zero attached hydrogens (tertiary/aromatic N) is 6. The smallest absolute Gasteiger partial charge is 0.416 e. The second-order valence-electron chi connectivity index (χ2n) is 9.41. The molecule has 16 heteroatoms. The summed E-state index contributed by atoms with van der Waals surface area (Å²) in [6, 6.07) is 4.47. The van der Waals surface area contributed by atoms with E-state index in [4.69, 9.17) is 16.3 Å². The van der Waals surface area contributed by atoms with E-state index in [1.807, 2.05) is 6.92 Å². The highest BCUT2D eigenvalue weighted by atomic mass is 35.5. The topological polar surface area (TPSA) is 132 Å². The predicted molar refractivity (Wildman–Crippen MR) is 148 cm³/mol. The van der Waals surface area contributed by atoms with Gasteiger partial charge in [0.1, 0.15) is 5.82 Å². The number of alkyl halides is 4. The standard InChI is InChI=1S/C27H28ClF3N6O6/c1-3-10-36-25(40)22-24(35(4-2)26(36)41)33-23(37(22)16-43-21(39)9-8-20(38)42-15-28)18-12-32-34(14-18)13-17-6-5-7-19(11-17)27(29,30)31/h5-7,11-12,14H,3-4,8-10,13,15-16H2,1-2H3. The molecule has 0 amide bonds. The molecule has 0 radical (unpaired) electrons. The molecule has 4 rings (SSSR count). The van der Waals surface area contributed by atoms with E-state index in [2.05, 4.69) is 14.8 Å². The Morgan fingerprint density at radius 3 is 2.40 bits per heavy atom. The highest BCUT2D eigenvalue weighted by Crippen LogP contribution is 2.30. The molecule has 12 nitrogen and oxygen atoms in total. The molecule has 0 aliphatic heterocycles. The third kappa shape index (κ3) is 6.98. The largest absolute Gasteiger partial charge is 0.449 e. The highest BCUT2D eigenvalue weighted by Gasteiger charge is 2.30. The Morgan fingerprint density at radius 2 is 1.74 bits per heavy atom. The van der Waals surface area contributed by atoms with Gasteiger partial charge in [0, 0.05) is 19.3 Å². The van der Waals surface area contributed by atoms with Gasteiger partial charge in [0.25, 0.3) is 5.56 Å². The average molecular weight is 625 g/mol. The van der Waals surface area contributed by atoms with Gasteiger partial charge in [-0.3, -0.25) is 32.8 Å². The normalized spacial score (nSPS) is 11.7. The molecule has 0 aliphatic carbocycles. The number of imidazole rings is 1. The minimum Gasteiger partial charge on any atom is -0.449 e.